The first-order valence-corrected chi connectivity index (χ1v) is 8.37. The fourth-order valence-corrected chi connectivity index (χ4v) is 2.89. The van der Waals surface area contributed by atoms with Crippen LogP contribution in [0.1, 0.15) is 11.1 Å². The molecule has 1 aromatic heterocycles. The molecular weight excluding hydrogens is 420 g/mol. The number of nitro benzene ring substituents is 2. The van der Waals surface area contributed by atoms with Crippen molar-refractivity contribution in [3.8, 4) is 11.4 Å². The predicted octanol–water partition coefficient (Wildman–Crippen LogP) is 3.76. The van der Waals surface area contributed by atoms with Gasteiger partial charge in [0.2, 0.25) is 0 Å². The van der Waals surface area contributed by atoms with E-state index < -0.39 is 9.85 Å². The molecule has 10 nitrogen and oxygen atoms in total. The third kappa shape index (κ3) is 5.38. The number of tetrazole rings is 1. The summed E-state index contributed by atoms with van der Waals surface area (Å²) >= 11 is 3.18. The van der Waals surface area contributed by atoms with Crippen LogP contribution in [0.25, 0.3) is 11.4 Å². The van der Waals surface area contributed by atoms with E-state index in [0.29, 0.717) is 11.4 Å². The number of hydrogen-bond acceptors (Lipinski definition) is 7. The lowest BCUT2D eigenvalue weighted by atomic mass is 10.1. The highest BCUT2D eigenvalue weighted by Crippen LogP contribution is 2.23. The summed E-state index contributed by atoms with van der Waals surface area (Å²) in [5.41, 5.74) is 2.48. The molecule has 11 heteroatoms. The maximum absolute atomic E-state index is 10.7. The first kappa shape index (κ1) is 20.1. The van der Waals surface area contributed by atoms with Gasteiger partial charge < -0.3 is 0 Å². The Labute approximate surface area is 162 Å². The van der Waals surface area contributed by atoms with Crippen molar-refractivity contribution in [1.29, 1.82) is 0 Å². The van der Waals surface area contributed by atoms with Gasteiger partial charge in [0.15, 0.2) is 5.82 Å². The summed E-state index contributed by atoms with van der Waals surface area (Å²) < 4.78 is 2.21. The van der Waals surface area contributed by atoms with E-state index in [1.807, 2.05) is 13.0 Å². The number of nitrogens with zero attached hydrogens (tertiary/aromatic N) is 6. The number of hydrogen-bond donors (Lipinski definition) is 0. The van der Waals surface area contributed by atoms with Gasteiger partial charge in [-0.1, -0.05) is 15.9 Å². The molecule has 0 aliphatic carbocycles. The predicted molar refractivity (Wildman–Crippen MR) is 101 cm³/mol. The van der Waals surface area contributed by atoms with Gasteiger partial charge in [0.05, 0.1) is 9.85 Å². The molecule has 0 bridgehead atoms. The summed E-state index contributed by atoms with van der Waals surface area (Å²) in [7, 11) is 1.68. The third-order valence-electron chi connectivity index (χ3n) is 3.39. The van der Waals surface area contributed by atoms with Gasteiger partial charge in [0, 0.05) is 41.3 Å². The Morgan fingerprint density at radius 3 is 1.96 bits per heavy atom. The van der Waals surface area contributed by atoms with Gasteiger partial charge in [0.25, 0.3) is 11.4 Å². The summed E-state index contributed by atoms with van der Waals surface area (Å²) in [6.07, 6.45) is 0. The number of aryl methyl sites for hydroxylation is 3. The van der Waals surface area contributed by atoms with Gasteiger partial charge >= 0.3 is 0 Å². The van der Waals surface area contributed by atoms with Crippen LogP contribution in [0.5, 0.6) is 0 Å². The van der Waals surface area contributed by atoms with Gasteiger partial charge in [-0.3, -0.25) is 20.2 Å². The largest absolute Gasteiger partial charge is 0.270 e. The zero-order chi connectivity index (χ0) is 20.1. The van der Waals surface area contributed by atoms with Crippen molar-refractivity contribution in [3.63, 3.8) is 0 Å². The first-order chi connectivity index (χ1) is 12.7. The zero-order valence-electron chi connectivity index (χ0n) is 14.7. The van der Waals surface area contributed by atoms with E-state index in [2.05, 4.69) is 31.5 Å². The molecule has 3 aromatic rings. The van der Waals surface area contributed by atoms with Crippen molar-refractivity contribution in [1.82, 2.24) is 20.2 Å². The molecule has 0 amide bonds. The Hall–Kier alpha value is -3.21. The quantitative estimate of drug-likeness (QED) is 0.452. The number of halogens is 1. The maximum atomic E-state index is 10.7. The Morgan fingerprint density at radius 2 is 1.48 bits per heavy atom. The van der Waals surface area contributed by atoms with Crippen LogP contribution in [-0.4, -0.2) is 30.1 Å². The highest BCUT2D eigenvalue weighted by molar-refractivity contribution is 9.10. The second-order valence-corrected chi connectivity index (χ2v) is 6.60. The molecule has 1 heterocycles. The molecule has 3 rings (SSSR count). The second-order valence-electron chi connectivity index (χ2n) is 5.68. The van der Waals surface area contributed by atoms with E-state index >= 15 is 0 Å². The summed E-state index contributed by atoms with van der Waals surface area (Å²) in [4.78, 5) is 20.2. The average molecular weight is 435 g/mol. The van der Waals surface area contributed by atoms with Crippen LogP contribution in [-0.2, 0) is 7.05 Å². The third-order valence-corrected chi connectivity index (χ3v) is 3.85. The summed E-state index contributed by atoms with van der Waals surface area (Å²) in [5, 5.41) is 32.0. The minimum Gasteiger partial charge on any atom is -0.258 e. The van der Waals surface area contributed by atoms with Crippen molar-refractivity contribution >= 4 is 27.3 Å². The molecule has 0 fully saturated rings. The lowest BCUT2D eigenvalue weighted by Gasteiger charge is -2.01. The normalized spacial score (nSPS) is 10.1. The van der Waals surface area contributed by atoms with Crippen LogP contribution in [0.3, 0.4) is 0 Å². The Kier molecular flexibility index (Phi) is 6.29. The smallest absolute Gasteiger partial charge is 0.258 e. The highest BCUT2D eigenvalue weighted by atomic mass is 79.9. The van der Waals surface area contributed by atoms with Crippen molar-refractivity contribution in [2.45, 2.75) is 13.8 Å². The molecule has 0 radical (unpaired) electrons. The van der Waals surface area contributed by atoms with E-state index in [-0.39, 0.29) is 11.4 Å². The molecule has 0 atom stereocenters. The van der Waals surface area contributed by atoms with Crippen molar-refractivity contribution in [2.75, 3.05) is 0 Å². The van der Waals surface area contributed by atoms with Gasteiger partial charge in [-0.25, -0.2) is 4.68 Å². The number of non-ortho nitro benzene ring substituents is 2. The van der Waals surface area contributed by atoms with E-state index in [1.54, 1.807) is 20.0 Å². The van der Waals surface area contributed by atoms with E-state index in [1.165, 1.54) is 28.9 Å². The van der Waals surface area contributed by atoms with Gasteiger partial charge in [-0.15, -0.1) is 5.10 Å². The van der Waals surface area contributed by atoms with Gasteiger partial charge in [-0.2, -0.15) is 0 Å². The molecule has 0 N–H and O–H groups in total. The lowest BCUT2D eigenvalue weighted by Crippen LogP contribution is -1.96. The van der Waals surface area contributed by atoms with Crippen LogP contribution in [0.4, 0.5) is 11.4 Å². The Bertz CT molecular complexity index is 984. The summed E-state index contributed by atoms with van der Waals surface area (Å²) in [5.74, 6) is 0.506. The van der Waals surface area contributed by atoms with Crippen molar-refractivity contribution in [2.24, 2.45) is 7.05 Å². The SMILES string of the molecule is Cc1cc(-c2nnnn2C)cc([N+](=O)[O-])c1.Cc1cc(Br)cc([N+](=O)[O-])c1. The van der Waals surface area contributed by atoms with Crippen LogP contribution in [0, 0.1) is 34.1 Å². The van der Waals surface area contributed by atoms with Gasteiger partial charge in [0.1, 0.15) is 0 Å². The number of benzene rings is 2. The highest BCUT2D eigenvalue weighted by Gasteiger charge is 2.12. The molecule has 27 heavy (non-hydrogen) atoms. The maximum Gasteiger partial charge on any atom is 0.270 e. The Balaban J connectivity index is 0.000000208. The van der Waals surface area contributed by atoms with Crippen LogP contribution < -0.4 is 0 Å². The molecule has 0 unspecified atom stereocenters. The van der Waals surface area contributed by atoms with E-state index in [9.17, 15) is 20.2 Å². The zero-order valence-corrected chi connectivity index (χ0v) is 16.2. The van der Waals surface area contributed by atoms with Gasteiger partial charge in [-0.05, 0) is 47.5 Å². The second kappa shape index (κ2) is 8.45. The van der Waals surface area contributed by atoms with Crippen LogP contribution >= 0.6 is 15.9 Å². The van der Waals surface area contributed by atoms with Crippen molar-refractivity contribution in [3.05, 3.63) is 72.2 Å². The minimum absolute atomic E-state index is 0.0398. The first-order valence-electron chi connectivity index (χ1n) is 7.58. The van der Waals surface area contributed by atoms with E-state index in [4.69, 9.17) is 0 Å². The standard InChI is InChI=1S/C9H9N5O2.C7H6BrNO2/c1-6-3-7(5-8(4-6)14(15)16)9-10-11-12-13(9)2;1-5-2-6(8)4-7(3-5)9(10)11/h3-5H,1-2H3;2-4H,1H3. The summed E-state index contributed by atoms with van der Waals surface area (Å²) in [6.45, 7) is 3.61. The summed E-state index contributed by atoms with van der Waals surface area (Å²) in [6, 6.07) is 9.61. The molecule has 0 spiro atoms. The van der Waals surface area contributed by atoms with Crippen LogP contribution in [0.15, 0.2) is 40.9 Å². The Morgan fingerprint density at radius 1 is 0.926 bits per heavy atom. The molecule has 140 valence electrons. The minimum atomic E-state index is -0.430. The fraction of sp³-hybridized carbons (Fsp3) is 0.188. The molecule has 2 aromatic carbocycles. The topological polar surface area (TPSA) is 130 Å². The van der Waals surface area contributed by atoms with Crippen molar-refractivity contribution < 1.29 is 9.85 Å². The number of nitro groups is 2. The average Bonchev–Trinajstić information content (AvgIpc) is 3.00. The monoisotopic (exact) mass is 434 g/mol. The molecule has 0 saturated carbocycles. The molecular formula is C16H15BrN6O4. The molecule has 0 saturated heterocycles. The van der Waals surface area contributed by atoms with E-state index in [0.717, 1.165) is 15.6 Å². The fourth-order valence-electron chi connectivity index (χ4n) is 2.29. The molecule has 0 aliphatic heterocycles. The number of aromatic nitrogens is 4. The lowest BCUT2D eigenvalue weighted by molar-refractivity contribution is -0.385. The number of rotatable bonds is 3. The van der Waals surface area contributed by atoms with Crippen LogP contribution in [0.2, 0.25) is 0 Å². The molecule has 0 aliphatic rings.